The van der Waals surface area contributed by atoms with Crippen LogP contribution in [0.15, 0.2) is 58.4 Å². The minimum absolute atomic E-state index is 0.239. The molecule has 2 aromatic carbocycles. The Bertz CT molecular complexity index is 1190. The number of H-pyrrole nitrogens is 1. The fourth-order valence-electron chi connectivity index (χ4n) is 3.72. The molecule has 146 valence electrons. The lowest BCUT2D eigenvalue weighted by molar-refractivity contribution is -0.142. The number of fused-ring (bicyclic) bond motifs is 5. The number of benzene rings is 2. The Morgan fingerprint density at radius 3 is 2.66 bits per heavy atom. The first kappa shape index (κ1) is 18.1. The van der Waals surface area contributed by atoms with E-state index in [9.17, 15) is 18.8 Å². The highest BCUT2D eigenvalue weighted by Crippen LogP contribution is 2.53. The molecule has 3 aromatic rings. The molecule has 2 N–H and O–H groups in total. The fourth-order valence-corrected chi connectivity index (χ4v) is 6.18. The number of anilines is 1. The highest BCUT2D eigenvalue weighted by Gasteiger charge is 2.51. The Hall–Kier alpha value is -2.91. The Morgan fingerprint density at radius 2 is 1.86 bits per heavy atom. The fraction of sp³-hybridized carbons (Fsp3) is 0.150. The zero-order valence-corrected chi connectivity index (χ0v) is 16.3. The van der Waals surface area contributed by atoms with Crippen molar-refractivity contribution in [2.75, 3.05) is 5.32 Å². The smallest absolute Gasteiger partial charge is 0.317 e. The number of para-hydroxylation sites is 1. The summed E-state index contributed by atoms with van der Waals surface area (Å²) in [7, 11) is 0. The van der Waals surface area contributed by atoms with Gasteiger partial charge in [0.1, 0.15) is 16.8 Å². The average molecular weight is 428 g/mol. The van der Waals surface area contributed by atoms with Crippen LogP contribution in [0, 0.1) is 11.7 Å². The largest absolute Gasteiger partial charge is 0.426 e. The average Bonchev–Trinajstić information content (AvgIpc) is 3.09. The number of thioether (sulfide) groups is 1. The second kappa shape index (κ2) is 6.85. The second-order valence-corrected chi connectivity index (χ2v) is 8.87. The Labute approximate surface area is 172 Å². The van der Waals surface area contributed by atoms with Gasteiger partial charge in [-0.25, -0.2) is 4.39 Å². The summed E-state index contributed by atoms with van der Waals surface area (Å²) in [5, 5.41) is 2.50. The van der Waals surface area contributed by atoms with Crippen molar-refractivity contribution in [1.29, 1.82) is 0 Å². The third-order valence-electron chi connectivity index (χ3n) is 4.96. The van der Waals surface area contributed by atoms with Gasteiger partial charge >= 0.3 is 10.8 Å². The number of ether oxygens (including phenoxy) is 1. The van der Waals surface area contributed by atoms with Crippen LogP contribution < -0.4 is 14.9 Å². The number of aromatic amines is 1. The molecule has 1 amide bonds. The van der Waals surface area contributed by atoms with E-state index in [-0.39, 0.29) is 4.87 Å². The maximum absolute atomic E-state index is 13.1. The van der Waals surface area contributed by atoms with E-state index in [0.717, 1.165) is 33.5 Å². The molecular weight excluding hydrogens is 415 g/mol. The number of carbonyl (C=O) groups is 2. The summed E-state index contributed by atoms with van der Waals surface area (Å²) in [6, 6.07) is 12.5. The van der Waals surface area contributed by atoms with E-state index in [4.69, 9.17) is 4.74 Å². The summed E-state index contributed by atoms with van der Waals surface area (Å²) < 4.78 is 18.7. The molecule has 5 rings (SSSR count). The van der Waals surface area contributed by atoms with Crippen molar-refractivity contribution in [1.82, 2.24) is 4.98 Å². The normalized spacial score (nSPS) is 22.1. The topological polar surface area (TPSA) is 88.3 Å². The molecule has 2 aliphatic heterocycles. The van der Waals surface area contributed by atoms with Crippen molar-refractivity contribution in [3.8, 4) is 5.75 Å². The van der Waals surface area contributed by atoms with Gasteiger partial charge in [-0.2, -0.15) is 0 Å². The van der Waals surface area contributed by atoms with E-state index >= 15 is 0 Å². The molecule has 2 aliphatic rings. The van der Waals surface area contributed by atoms with Gasteiger partial charge in [-0.3, -0.25) is 14.4 Å². The quantitative estimate of drug-likeness (QED) is 0.483. The molecule has 1 aromatic heterocycles. The first-order chi connectivity index (χ1) is 14.0. The minimum Gasteiger partial charge on any atom is -0.426 e. The maximum atomic E-state index is 13.1. The lowest BCUT2D eigenvalue weighted by atomic mass is 9.80. The Kier molecular flexibility index (Phi) is 4.29. The SMILES string of the molecule is O=C(Nc1ccc(F)cc1)C1Sc2[nH]c(=O)sc2C2c3ccccc3OC(=O)C12. The molecule has 3 heterocycles. The van der Waals surface area contributed by atoms with Gasteiger partial charge in [-0.1, -0.05) is 41.3 Å². The van der Waals surface area contributed by atoms with Gasteiger partial charge in [0.15, 0.2) is 0 Å². The summed E-state index contributed by atoms with van der Waals surface area (Å²) >= 11 is 2.19. The summed E-state index contributed by atoms with van der Waals surface area (Å²) in [4.78, 5) is 41.2. The first-order valence-corrected chi connectivity index (χ1v) is 10.5. The number of hydrogen-bond donors (Lipinski definition) is 2. The minimum atomic E-state index is -0.816. The van der Waals surface area contributed by atoms with Crippen molar-refractivity contribution >= 4 is 40.7 Å². The van der Waals surface area contributed by atoms with Crippen LogP contribution in [0.2, 0.25) is 0 Å². The summed E-state index contributed by atoms with van der Waals surface area (Å²) in [5.74, 6) is -2.12. The predicted molar refractivity (Wildman–Crippen MR) is 107 cm³/mol. The molecule has 0 saturated heterocycles. The van der Waals surface area contributed by atoms with E-state index in [2.05, 4.69) is 10.3 Å². The Morgan fingerprint density at radius 1 is 1.10 bits per heavy atom. The van der Waals surface area contributed by atoms with Gasteiger partial charge in [0.05, 0.1) is 10.9 Å². The third-order valence-corrected chi connectivity index (χ3v) is 7.38. The van der Waals surface area contributed by atoms with E-state index in [0.29, 0.717) is 16.5 Å². The first-order valence-electron chi connectivity index (χ1n) is 8.78. The van der Waals surface area contributed by atoms with Gasteiger partial charge in [0.25, 0.3) is 0 Å². The molecule has 0 saturated carbocycles. The molecule has 3 atom stereocenters. The van der Waals surface area contributed by atoms with Crippen molar-refractivity contribution in [3.63, 3.8) is 0 Å². The van der Waals surface area contributed by atoms with E-state index in [1.165, 1.54) is 24.3 Å². The highest BCUT2D eigenvalue weighted by atomic mass is 32.2. The molecular formula is C20H13FN2O4S2. The van der Waals surface area contributed by atoms with Crippen molar-refractivity contribution in [2.24, 2.45) is 5.92 Å². The van der Waals surface area contributed by atoms with E-state index in [1.54, 1.807) is 12.1 Å². The van der Waals surface area contributed by atoms with Crippen molar-refractivity contribution < 1.29 is 18.7 Å². The second-order valence-electron chi connectivity index (χ2n) is 6.70. The maximum Gasteiger partial charge on any atom is 0.317 e. The van der Waals surface area contributed by atoms with Crippen LogP contribution >= 0.6 is 23.1 Å². The zero-order valence-electron chi connectivity index (χ0n) is 14.7. The molecule has 3 unspecified atom stereocenters. The molecule has 0 aliphatic carbocycles. The summed E-state index contributed by atoms with van der Waals surface area (Å²) in [6.45, 7) is 0. The molecule has 0 spiro atoms. The van der Waals surface area contributed by atoms with Gasteiger partial charge < -0.3 is 15.0 Å². The number of aromatic nitrogens is 1. The van der Waals surface area contributed by atoms with Crippen molar-refractivity contribution in [2.45, 2.75) is 16.2 Å². The van der Waals surface area contributed by atoms with E-state index in [1.807, 2.05) is 12.1 Å². The number of esters is 1. The Balaban J connectivity index is 1.57. The lowest BCUT2D eigenvalue weighted by Crippen LogP contribution is -2.46. The molecule has 9 heteroatoms. The summed E-state index contributed by atoms with van der Waals surface area (Å²) in [6.07, 6.45) is 0. The van der Waals surface area contributed by atoms with Crippen LogP contribution in [0.3, 0.4) is 0 Å². The third kappa shape index (κ3) is 3.06. The van der Waals surface area contributed by atoms with E-state index < -0.39 is 34.8 Å². The summed E-state index contributed by atoms with van der Waals surface area (Å²) in [5.41, 5.74) is 1.19. The number of thiazole rings is 1. The predicted octanol–water partition coefficient (Wildman–Crippen LogP) is 3.36. The highest BCUT2D eigenvalue weighted by molar-refractivity contribution is 8.00. The standard InChI is InChI=1S/C20H13FN2O4S2/c21-9-5-7-10(8-6-9)22-17(24)15-14-13(16-18(28-15)23-20(26)29-16)11-3-1-2-4-12(11)27-19(14)25/h1-8,13-15H,(H,22,24)(H,23,26). The van der Waals surface area contributed by atoms with Crippen LogP contribution in [0.25, 0.3) is 0 Å². The molecule has 0 bridgehead atoms. The molecule has 6 nitrogen and oxygen atoms in total. The van der Waals surface area contributed by atoms with Crippen LogP contribution in [0.1, 0.15) is 16.4 Å². The number of carbonyl (C=O) groups excluding carboxylic acids is 2. The van der Waals surface area contributed by atoms with Gasteiger partial charge in [-0.05, 0) is 30.3 Å². The lowest BCUT2D eigenvalue weighted by Gasteiger charge is -2.38. The van der Waals surface area contributed by atoms with Crippen LogP contribution in [-0.2, 0) is 9.59 Å². The van der Waals surface area contributed by atoms with Crippen LogP contribution in [0.4, 0.5) is 10.1 Å². The van der Waals surface area contributed by atoms with Crippen LogP contribution in [0.5, 0.6) is 5.75 Å². The molecule has 0 fully saturated rings. The van der Waals surface area contributed by atoms with Gasteiger partial charge in [0.2, 0.25) is 5.91 Å². The molecule has 0 radical (unpaired) electrons. The van der Waals surface area contributed by atoms with Gasteiger partial charge in [-0.15, -0.1) is 0 Å². The monoisotopic (exact) mass is 428 g/mol. The molecule has 29 heavy (non-hydrogen) atoms. The van der Waals surface area contributed by atoms with Crippen molar-refractivity contribution in [3.05, 3.63) is 74.5 Å². The number of halogens is 1. The zero-order chi connectivity index (χ0) is 20.1. The number of hydrogen-bond acceptors (Lipinski definition) is 6. The van der Waals surface area contributed by atoms with Gasteiger partial charge in [0, 0.05) is 22.0 Å². The number of rotatable bonds is 2. The van der Waals surface area contributed by atoms with Crippen LogP contribution in [-0.4, -0.2) is 22.1 Å². The number of nitrogens with one attached hydrogen (secondary N) is 2. The number of amides is 1.